The van der Waals surface area contributed by atoms with Gasteiger partial charge in [-0.1, -0.05) is 26.7 Å². The van der Waals surface area contributed by atoms with E-state index in [0.29, 0.717) is 24.7 Å². The molecule has 0 aromatic rings. The summed E-state index contributed by atoms with van der Waals surface area (Å²) in [6, 6.07) is 0.0871. The first-order chi connectivity index (χ1) is 8.38. The number of halogens is 3. The molecule has 0 aromatic carbocycles. The molecule has 0 spiro atoms. The van der Waals surface area contributed by atoms with Crippen molar-refractivity contribution >= 4 is 0 Å². The fourth-order valence-electron chi connectivity index (χ4n) is 3.07. The molecular formula is C14H26F3N. The van der Waals surface area contributed by atoms with Crippen molar-refractivity contribution in [2.45, 2.75) is 71.0 Å². The smallest absolute Gasteiger partial charge is 0.327 e. The van der Waals surface area contributed by atoms with Gasteiger partial charge in [0.05, 0.1) is 5.92 Å². The molecule has 2 N–H and O–H groups in total. The van der Waals surface area contributed by atoms with Crippen molar-refractivity contribution in [1.29, 1.82) is 0 Å². The molecule has 1 unspecified atom stereocenters. The Balaban J connectivity index is 2.38. The van der Waals surface area contributed by atoms with Crippen LogP contribution >= 0.6 is 0 Å². The number of alkyl halides is 3. The van der Waals surface area contributed by atoms with E-state index in [-0.39, 0.29) is 18.9 Å². The summed E-state index contributed by atoms with van der Waals surface area (Å²) in [5.74, 6) is -0.168. The van der Waals surface area contributed by atoms with E-state index >= 15 is 0 Å². The fraction of sp³-hybridized carbons (Fsp3) is 1.00. The summed E-state index contributed by atoms with van der Waals surface area (Å²) < 4.78 is 37.7. The standard InChI is InChI=1S/C14H26F3N/c1-3-10(4-2)9-13(18)11-5-7-12(8-6-11)14(15,16)17/h10-13H,3-9,18H2,1-2H3. The topological polar surface area (TPSA) is 26.0 Å². The van der Waals surface area contributed by atoms with Crippen LogP contribution < -0.4 is 5.73 Å². The third-order valence-electron chi connectivity index (χ3n) is 4.60. The maximum absolute atomic E-state index is 12.6. The average molecular weight is 265 g/mol. The minimum Gasteiger partial charge on any atom is -0.327 e. The predicted molar refractivity (Wildman–Crippen MR) is 68.2 cm³/mol. The van der Waals surface area contributed by atoms with E-state index in [9.17, 15) is 13.2 Å². The number of nitrogens with two attached hydrogens (primary N) is 1. The van der Waals surface area contributed by atoms with Crippen LogP contribution in [0.1, 0.15) is 58.8 Å². The summed E-state index contributed by atoms with van der Waals surface area (Å²) in [6.07, 6.45) is 1.01. The minimum atomic E-state index is -4.01. The van der Waals surface area contributed by atoms with Crippen molar-refractivity contribution in [3.8, 4) is 0 Å². The first-order valence-corrected chi connectivity index (χ1v) is 7.20. The van der Waals surface area contributed by atoms with Crippen molar-refractivity contribution in [2.24, 2.45) is 23.5 Å². The third-order valence-corrected chi connectivity index (χ3v) is 4.60. The second kappa shape index (κ2) is 6.78. The normalized spacial score (nSPS) is 27.5. The number of hydrogen-bond donors (Lipinski definition) is 1. The zero-order chi connectivity index (χ0) is 13.8. The zero-order valence-corrected chi connectivity index (χ0v) is 11.5. The molecule has 0 aliphatic heterocycles. The van der Waals surface area contributed by atoms with Crippen molar-refractivity contribution in [3.05, 3.63) is 0 Å². The highest BCUT2D eigenvalue weighted by molar-refractivity contribution is 4.83. The van der Waals surface area contributed by atoms with Gasteiger partial charge in [-0.15, -0.1) is 0 Å². The van der Waals surface area contributed by atoms with Crippen molar-refractivity contribution in [2.75, 3.05) is 0 Å². The first kappa shape index (κ1) is 15.8. The second-order valence-electron chi connectivity index (χ2n) is 5.74. The molecule has 1 nitrogen and oxygen atoms in total. The van der Waals surface area contributed by atoms with E-state index in [0.717, 1.165) is 19.3 Å². The van der Waals surface area contributed by atoms with Gasteiger partial charge < -0.3 is 5.73 Å². The highest BCUT2D eigenvalue weighted by Gasteiger charge is 2.42. The summed E-state index contributed by atoms with van der Waals surface area (Å²) in [6.45, 7) is 4.31. The maximum atomic E-state index is 12.6. The lowest BCUT2D eigenvalue weighted by Crippen LogP contribution is -2.37. The summed E-state index contributed by atoms with van der Waals surface area (Å²) in [7, 11) is 0. The lowest BCUT2D eigenvalue weighted by Gasteiger charge is -2.34. The van der Waals surface area contributed by atoms with E-state index in [1.807, 2.05) is 0 Å². The molecule has 0 bridgehead atoms. The van der Waals surface area contributed by atoms with Crippen LogP contribution in [0.25, 0.3) is 0 Å². The van der Waals surface area contributed by atoms with Gasteiger partial charge in [-0.05, 0) is 43.9 Å². The highest BCUT2D eigenvalue weighted by atomic mass is 19.4. The first-order valence-electron chi connectivity index (χ1n) is 7.20. The largest absolute Gasteiger partial charge is 0.391 e. The summed E-state index contributed by atoms with van der Waals surface area (Å²) >= 11 is 0. The van der Waals surface area contributed by atoms with Gasteiger partial charge in [0.2, 0.25) is 0 Å². The Morgan fingerprint density at radius 2 is 1.56 bits per heavy atom. The van der Waals surface area contributed by atoms with Crippen LogP contribution in [-0.2, 0) is 0 Å². The van der Waals surface area contributed by atoms with Gasteiger partial charge in [0.1, 0.15) is 0 Å². The Morgan fingerprint density at radius 1 is 1.06 bits per heavy atom. The van der Waals surface area contributed by atoms with E-state index in [2.05, 4.69) is 13.8 Å². The van der Waals surface area contributed by atoms with Gasteiger partial charge in [0.25, 0.3) is 0 Å². The van der Waals surface area contributed by atoms with Crippen LogP contribution in [0.3, 0.4) is 0 Å². The van der Waals surface area contributed by atoms with E-state index in [4.69, 9.17) is 5.73 Å². The van der Waals surface area contributed by atoms with Crippen LogP contribution in [0.5, 0.6) is 0 Å². The fourth-order valence-corrected chi connectivity index (χ4v) is 3.07. The number of rotatable bonds is 5. The van der Waals surface area contributed by atoms with Crippen LogP contribution in [0.2, 0.25) is 0 Å². The summed E-state index contributed by atoms with van der Waals surface area (Å²) in [5, 5.41) is 0. The molecule has 1 atom stereocenters. The third kappa shape index (κ3) is 4.45. The Labute approximate surface area is 108 Å². The van der Waals surface area contributed by atoms with E-state index in [1.165, 1.54) is 0 Å². The molecule has 4 heteroatoms. The van der Waals surface area contributed by atoms with Crippen LogP contribution in [-0.4, -0.2) is 12.2 Å². The van der Waals surface area contributed by atoms with Gasteiger partial charge in [-0.3, -0.25) is 0 Å². The van der Waals surface area contributed by atoms with Gasteiger partial charge in [0.15, 0.2) is 0 Å². The molecule has 1 saturated carbocycles. The minimum absolute atomic E-state index is 0.0871. The SMILES string of the molecule is CCC(CC)CC(N)C1CCC(C(F)(F)F)CC1. The molecule has 0 heterocycles. The van der Waals surface area contributed by atoms with E-state index in [1.54, 1.807) is 0 Å². The molecule has 0 radical (unpaired) electrons. The molecule has 0 amide bonds. The van der Waals surface area contributed by atoms with Gasteiger partial charge in [0, 0.05) is 6.04 Å². The monoisotopic (exact) mass is 265 g/mol. The van der Waals surface area contributed by atoms with Crippen LogP contribution in [0, 0.1) is 17.8 Å². The Hall–Kier alpha value is -0.250. The Kier molecular flexibility index (Phi) is 5.96. The lowest BCUT2D eigenvalue weighted by atomic mass is 9.76. The predicted octanol–water partition coefficient (Wildman–Crippen LogP) is 4.51. The van der Waals surface area contributed by atoms with Gasteiger partial charge in [-0.25, -0.2) is 0 Å². The molecule has 0 aromatic heterocycles. The van der Waals surface area contributed by atoms with Crippen molar-refractivity contribution in [1.82, 2.24) is 0 Å². The average Bonchev–Trinajstić information content (AvgIpc) is 2.34. The lowest BCUT2D eigenvalue weighted by molar-refractivity contribution is -0.184. The highest BCUT2D eigenvalue weighted by Crippen LogP contribution is 2.40. The number of hydrogen-bond acceptors (Lipinski definition) is 1. The quantitative estimate of drug-likeness (QED) is 0.777. The van der Waals surface area contributed by atoms with Crippen molar-refractivity contribution in [3.63, 3.8) is 0 Å². The molecule has 108 valence electrons. The van der Waals surface area contributed by atoms with Crippen LogP contribution in [0.15, 0.2) is 0 Å². The molecule has 1 fully saturated rings. The van der Waals surface area contributed by atoms with Gasteiger partial charge >= 0.3 is 6.18 Å². The maximum Gasteiger partial charge on any atom is 0.391 e. The van der Waals surface area contributed by atoms with Gasteiger partial charge in [-0.2, -0.15) is 13.2 Å². The Bertz CT molecular complexity index is 228. The molecule has 18 heavy (non-hydrogen) atoms. The summed E-state index contributed by atoms with van der Waals surface area (Å²) in [4.78, 5) is 0. The molecule has 1 rings (SSSR count). The molecular weight excluding hydrogens is 239 g/mol. The van der Waals surface area contributed by atoms with Crippen LogP contribution in [0.4, 0.5) is 13.2 Å². The Morgan fingerprint density at radius 3 is 1.94 bits per heavy atom. The zero-order valence-electron chi connectivity index (χ0n) is 11.5. The molecule has 0 saturated heterocycles. The summed E-state index contributed by atoms with van der Waals surface area (Å²) in [5.41, 5.74) is 6.17. The second-order valence-corrected chi connectivity index (χ2v) is 5.74. The molecule has 1 aliphatic carbocycles. The van der Waals surface area contributed by atoms with E-state index < -0.39 is 12.1 Å². The van der Waals surface area contributed by atoms with Crippen molar-refractivity contribution < 1.29 is 13.2 Å². The molecule has 1 aliphatic rings.